The van der Waals surface area contributed by atoms with Gasteiger partial charge >= 0.3 is 5.97 Å². The highest BCUT2D eigenvalue weighted by molar-refractivity contribution is 5.87. The summed E-state index contributed by atoms with van der Waals surface area (Å²) in [6, 6.07) is 1.07. The Kier molecular flexibility index (Phi) is 7.94. The van der Waals surface area contributed by atoms with Crippen molar-refractivity contribution >= 4 is 17.9 Å². The molecule has 0 radical (unpaired) electrons. The Bertz CT molecular complexity index is 1100. The van der Waals surface area contributed by atoms with Crippen molar-refractivity contribution in [1.82, 2.24) is 10.3 Å². The van der Waals surface area contributed by atoms with E-state index in [1.54, 1.807) is 24.1 Å². The summed E-state index contributed by atoms with van der Waals surface area (Å²) in [4.78, 5) is 12.6. The number of hydrogen-bond acceptors (Lipinski definition) is 5. The number of alkyl halides is 1. The molecule has 3 unspecified atom stereocenters. The van der Waals surface area contributed by atoms with E-state index in [9.17, 15) is 9.18 Å². The zero-order valence-electron chi connectivity index (χ0n) is 20.1. The number of aliphatic carboxylic acids is 1. The van der Waals surface area contributed by atoms with Crippen LogP contribution in [0.2, 0.25) is 0 Å². The molecule has 1 aliphatic carbocycles. The highest BCUT2D eigenvalue weighted by Crippen LogP contribution is 2.46. The van der Waals surface area contributed by atoms with Crippen LogP contribution < -0.4 is 5.43 Å². The molecular weight excluding hydrogens is 459 g/mol. The van der Waals surface area contributed by atoms with Gasteiger partial charge in [-0.25, -0.2) is 23.5 Å². The first-order chi connectivity index (χ1) is 16.4. The number of hydrazone groups is 1. The van der Waals surface area contributed by atoms with Gasteiger partial charge in [0.2, 0.25) is 0 Å². The Hall–Kier alpha value is -3.27. The third-order valence-corrected chi connectivity index (χ3v) is 6.14. The minimum Gasteiger partial charge on any atom is -0.478 e. The molecule has 10 heteroatoms. The molecule has 188 valence electrons. The predicted molar refractivity (Wildman–Crippen MR) is 128 cm³/mol. The number of rotatable bonds is 7. The number of benzene rings is 1. The second-order valence-corrected chi connectivity index (χ2v) is 9.45. The molecule has 0 saturated carbocycles. The molecule has 1 aliphatic heterocycles. The van der Waals surface area contributed by atoms with Gasteiger partial charge < -0.3 is 10.5 Å². The van der Waals surface area contributed by atoms with Crippen molar-refractivity contribution in [2.75, 3.05) is 13.6 Å². The molecule has 7 nitrogen and oxygen atoms in total. The fourth-order valence-corrected chi connectivity index (χ4v) is 4.80. The van der Waals surface area contributed by atoms with E-state index in [0.717, 1.165) is 29.9 Å². The molecule has 35 heavy (non-hydrogen) atoms. The minimum atomic E-state index is -1.61. The summed E-state index contributed by atoms with van der Waals surface area (Å²) < 4.78 is 45.6. The smallest absolute Gasteiger partial charge is 0.328 e. The van der Waals surface area contributed by atoms with Crippen molar-refractivity contribution in [1.29, 1.82) is 5.53 Å². The van der Waals surface area contributed by atoms with Crippen LogP contribution in [0.3, 0.4) is 0 Å². The third kappa shape index (κ3) is 6.05. The molecule has 3 N–H and O–H groups in total. The van der Waals surface area contributed by atoms with E-state index in [-0.39, 0.29) is 29.6 Å². The summed E-state index contributed by atoms with van der Waals surface area (Å²) in [7, 11) is 1.61. The van der Waals surface area contributed by atoms with Gasteiger partial charge in [-0.3, -0.25) is 4.90 Å². The molecule has 1 aromatic rings. The summed E-state index contributed by atoms with van der Waals surface area (Å²) in [5.74, 6) is -2.88. The Balaban J connectivity index is 2.12. The van der Waals surface area contributed by atoms with Gasteiger partial charge in [0.1, 0.15) is 17.3 Å². The number of halogens is 3. The first-order valence-electron chi connectivity index (χ1n) is 11.3. The fraction of sp³-hybridized carbons (Fsp3) is 0.440. The average Bonchev–Trinajstić information content (AvgIpc) is 2.76. The number of nitrogens with one attached hydrogen (secondary N) is 2. The van der Waals surface area contributed by atoms with Gasteiger partial charge in [-0.1, -0.05) is 17.7 Å². The molecule has 2 aliphatic rings. The van der Waals surface area contributed by atoms with Crippen molar-refractivity contribution in [3.63, 3.8) is 0 Å². The molecule has 0 aromatic heterocycles. The maximum atomic E-state index is 15.4. The van der Waals surface area contributed by atoms with Crippen molar-refractivity contribution in [2.24, 2.45) is 16.1 Å². The number of hydrogen-bond donors (Lipinski definition) is 3. The second kappa shape index (κ2) is 10.6. The van der Waals surface area contributed by atoms with Crippen LogP contribution in [0.5, 0.6) is 0 Å². The van der Waals surface area contributed by atoms with Gasteiger partial charge in [-0.15, -0.1) is 5.11 Å². The molecule has 0 spiro atoms. The van der Waals surface area contributed by atoms with Gasteiger partial charge in [0.15, 0.2) is 5.84 Å². The summed E-state index contributed by atoms with van der Waals surface area (Å²) in [5.41, 5.74) is 9.95. The molecule has 3 atom stereocenters. The number of carboxylic acid groups (broad SMARTS) is 1. The van der Waals surface area contributed by atoms with E-state index in [4.69, 9.17) is 10.6 Å². The largest absolute Gasteiger partial charge is 0.478 e. The van der Waals surface area contributed by atoms with Crippen LogP contribution in [-0.4, -0.2) is 47.1 Å². The van der Waals surface area contributed by atoms with Crippen molar-refractivity contribution in [3.05, 3.63) is 64.3 Å². The van der Waals surface area contributed by atoms with Crippen LogP contribution in [0.4, 0.5) is 13.2 Å². The van der Waals surface area contributed by atoms with Crippen molar-refractivity contribution < 1.29 is 23.1 Å². The lowest BCUT2D eigenvalue weighted by molar-refractivity contribution is -0.131. The highest BCUT2D eigenvalue weighted by atomic mass is 19.1. The fourth-order valence-electron chi connectivity index (χ4n) is 4.80. The molecular formula is C25H30F3N5O2. The van der Waals surface area contributed by atoms with Gasteiger partial charge in [-0.2, -0.15) is 5.10 Å². The lowest BCUT2D eigenvalue weighted by Gasteiger charge is -2.46. The SMILES string of the molecule is CN/N=C(\N=N)C1C=CC2=C(C1)CC(C)N(CC(C)(C)F)C2c1c(F)cc(/C=C/C(=O)O)cc1F. The van der Waals surface area contributed by atoms with Crippen LogP contribution >= 0.6 is 0 Å². The van der Waals surface area contributed by atoms with Crippen LogP contribution in [0.1, 0.15) is 50.8 Å². The van der Waals surface area contributed by atoms with E-state index in [0.29, 0.717) is 24.3 Å². The van der Waals surface area contributed by atoms with Crippen LogP contribution in [0.15, 0.2) is 51.7 Å². The Morgan fingerprint density at radius 2 is 1.97 bits per heavy atom. The Labute approximate surface area is 202 Å². The quantitative estimate of drug-likeness (QED) is 0.157. The molecule has 1 heterocycles. The monoisotopic (exact) mass is 489 g/mol. The van der Waals surface area contributed by atoms with Gasteiger partial charge in [0, 0.05) is 37.2 Å². The Morgan fingerprint density at radius 1 is 1.31 bits per heavy atom. The van der Waals surface area contributed by atoms with Crippen LogP contribution in [-0.2, 0) is 4.79 Å². The van der Waals surface area contributed by atoms with E-state index < -0.39 is 29.3 Å². The van der Waals surface area contributed by atoms with E-state index in [1.807, 2.05) is 6.92 Å². The van der Waals surface area contributed by atoms with Gasteiger partial charge in [0.05, 0.1) is 6.04 Å². The van der Waals surface area contributed by atoms with E-state index >= 15 is 8.78 Å². The van der Waals surface area contributed by atoms with E-state index in [1.165, 1.54) is 13.8 Å². The first kappa shape index (κ1) is 26.3. The lowest BCUT2D eigenvalue weighted by atomic mass is 9.77. The molecule has 0 fully saturated rings. The highest BCUT2D eigenvalue weighted by Gasteiger charge is 2.41. The number of amidine groups is 1. The number of carboxylic acids is 1. The maximum Gasteiger partial charge on any atom is 0.328 e. The molecule has 0 amide bonds. The van der Waals surface area contributed by atoms with Gasteiger partial charge in [0.25, 0.3) is 0 Å². The van der Waals surface area contributed by atoms with Crippen molar-refractivity contribution in [2.45, 2.75) is 51.4 Å². The molecule has 1 aromatic carbocycles. The van der Waals surface area contributed by atoms with E-state index in [2.05, 4.69) is 15.6 Å². The topological polar surface area (TPSA) is 101 Å². The molecule has 0 bridgehead atoms. The van der Waals surface area contributed by atoms with Gasteiger partial charge in [-0.05, 0) is 63.0 Å². The summed E-state index contributed by atoms with van der Waals surface area (Å²) in [6.45, 7) is 4.71. The van der Waals surface area contributed by atoms with Crippen LogP contribution in [0.25, 0.3) is 6.08 Å². The Morgan fingerprint density at radius 3 is 2.51 bits per heavy atom. The predicted octanol–water partition coefficient (Wildman–Crippen LogP) is 5.38. The minimum absolute atomic E-state index is 0.0407. The second-order valence-electron chi connectivity index (χ2n) is 9.45. The summed E-state index contributed by atoms with van der Waals surface area (Å²) in [6.07, 6.45) is 6.54. The standard InChI is InChI=1S/C25H30F3N5O2/c1-14-9-17-12-16(24(31-29)32-30-4)6-7-18(17)23(33(14)13-25(2,3)28)22-19(26)10-15(11-20(22)27)5-8-21(34)35/h5-8,10-11,14,16,23,29-30H,9,12-13H2,1-4H3,(H,34,35)/b8-5+,31-29?,32-24-. The summed E-state index contributed by atoms with van der Waals surface area (Å²) in [5, 5.41) is 16.4. The molecule has 3 rings (SSSR count). The number of nitrogens with zero attached hydrogens (tertiary/aromatic N) is 3. The zero-order valence-corrected chi connectivity index (χ0v) is 20.1. The third-order valence-electron chi connectivity index (χ3n) is 6.14. The summed E-state index contributed by atoms with van der Waals surface area (Å²) >= 11 is 0. The zero-order chi connectivity index (χ0) is 25.9. The maximum absolute atomic E-state index is 15.4. The normalized spacial score (nSPS) is 23.5. The number of carbonyl (C=O) groups is 1. The first-order valence-corrected chi connectivity index (χ1v) is 11.3. The van der Waals surface area contributed by atoms with Crippen molar-refractivity contribution in [3.8, 4) is 0 Å². The average molecular weight is 490 g/mol. The van der Waals surface area contributed by atoms with Crippen LogP contribution in [0, 0.1) is 23.1 Å². The lowest BCUT2D eigenvalue weighted by Crippen LogP contribution is -2.47. The molecule has 0 saturated heterocycles.